The number of hydrogen-bond acceptors (Lipinski definition) is 4. The molecule has 0 unspecified atom stereocenters. The van der Waals surface area contributed by atoms with Crippen LogP contribution in [0.2, 0.25) is 10.0 Å². The minimum Gasteiger partial charge on any atom is -0.493 e. The third-order valence-electron chi connectivity index (χ3n) is 3.43. The Morgan fingerprint density at radius 2 is 1.76 bits per heavy atom. The molecule has 0 radical (unpaired) electrons. The Hall–Kier alpha value is -2.11. The van der Waals surface area contributed by atoms with E-state index in [2.05, 4.69) is 0 Å². The van der Waals surface area contributed by atoms with E-state index in [0.717, 1.165) is 0 Å². The number of nitrogens with zero attached hydrogens (tertiary/aromatic N) is 1. The Balaban J connectivity index is 1.77. The van der Waals surface area contributed by atoms with Crippen LogP contribution in [0.15, 0.2) is 42.5 Å². The summed E-state index contributed by atoms with van der Waals surface area (Å²) in [6.45, 7) is 0.667. The van der Waals surface area contributed by atoms with E-state index in [1.54, 1.807) is 32.4 Å². The highest BCUT2D eigenvalue weighted by atomic mass is 35.5. The van der Waals surface area contributed by atoms with Gasteiger partial charge in [-0.15, -0.1) is 0 Å². The smallest absolute Gasteiger partial charge is 0.260 e. The van der Waals surface area contributed by atoms with Gasteiger partial charge in [0.1, 0.15) is 12.4 Å². The van der Waals surface area contributed by atoms with E-state index in [1.807, 2.05) is 24.3 Å². The van der Waals surface area contributed by atoms with Crippen LogP contribution in [0.25, 0.3) is 0 Å². The molecule has 5 nitrogen and oxygen atoms in total. The molecule has 0 bridgehead atoms. The zero-order valence-electron chi connectivity index (χ0n) is 14.0. The van der Waals surface area contributed by atoms with Crippen molar-refractivity contribution in [3.05, 3.63) is 52.5 Å². The molecule has 134 valence electrons. The lowest BCUT2D eigenvalue weighted by Crippen LogP contribution is -2.34. The number of rotatable bonds is 8. The summed E-state index contributed by atoms with van der Waals surface area (Å²) >= 11 is 11.7. The zero-order valence-corrected chi connectivity index (χ0v) is 15.5. The second-order valence-electron chi connectivity index (χ2n) is 5.18. The van der Waals surface area contributed by atoms with Gasteiger partial charge in [0.15, 0.2) is 18.1 Å². The molecule has 0 saturated carbocycles. The molecule has 25 heavy (non-hydrogen) atoms. The predicted molar refractivity (Wildman–Crippen MR) is 98.1 cm³/mol. The molecule has 2 aromatic rings. The first-order valence-electron chi connectivity index (χ1n) is 7.59. The highest BCUT2D eigenvalue weighted by Gasteiger charge is 2.11. The number of likely N-dealkylation sites (N-methyl/N-ethyl adjacent to an activating group) is 1. The predicted octanol–water partition coefficient (Wildman–Crippen LogP) is 3.92. The minimum absolute atomic E-state index is 0.0941. The molecule has 0 N–H and O–H groups in total. The Bertz CT molecular complexity index is 724. The Morgan fingerprint density at radius 1 is 1.04 bits per heavy atom. The summed E-state index contributed by atoms with van der Waals surface area (Å²) in [6, 6.07) is 12.2. The van der Waals surface area contributed by atoms with Crippen molar-refractivity contribution in [3.63, 3.8) is 0 Å². The fraction of sp³-hybridized carbons (Fsp3) is 0.278. The van der Waals surface area contributed by atoms with Gasteiger partial charge in [-0.05, 0) is 24.3 Å². The van der Waals surface area contributed by atoms with Crippen LogP contribution >= 0.6 is 23.2 Å². The quantitative estimate of drug-likeness (QED) is 0.692. The van der Waals surface area contributed by atoms with Crippen LogP contribution in [0.3, 0.4) is 0 Å². The van der Waals surface area contributed by atoms with Crippen molar-refractivity contribution in [2.24, 2.45) is 0 Å². The van der Waals surface area contributed by atoms with Gasteiger partial charge in [0.25, 0.3) is 5.91 Å². The molecule has 7 heteroatoms. The maximum absolute atomic E-state index is 12.1. The molecule has 0 aliphatic heterocycles. The summed E-state index contributed by atoms with van der Waals surface area (Å²) in [4.78, 5) is 13.6. The van der Waals surface area contributed by atoms with E-state index in [1.165, 1.54) is 4.90 Å². The number of amides is 1. The Kier molecular flexibility index (Phi) is 7.22. The first-order valence-corrected chi connectivity index (χ1v) is 8.34. The number of methoxy groups -OCH3 is 1. The highest BCUT2D eigenvalue weighted by molar-refractivity contribution is 6.42. The standard InChI is InChI=1S/C18H19Cl2NO4/c1-21(9-10-24-17-6-4-3-5-16(17)23-2)18(22)12-25-13-7-8-14(19)15(20)11-13/h3-8,11H,9-10,12H2,1-2H3. The lowest BCUT2D eigenvalue weighted by atomic mass is 10.3. The van der Waals surface area contributed by atoms with E-state index in [0.29, 0.717) is 40.4 Å². The SMILES string of the molecule is COc1ccccc1OCCN(C)C(=O)COc1ccc(Cl)c(Cl)c1. The maximum atomic E-state index is 12.1. The van der Waals surface area contributed by atoms with Crippen LogP contribution in [-0.2, 0) is 4.79 Å². The number of carbonyl (C=O) groups is 1. The third kappa shape index (κ3) is 5.73. The van der Waals surface area contributed by atoms with Gasteiger partial charge in [0.05, 0.1) is 23.7 Å². The topological polar surface area (TPSA) is 48.0 Å². The monoisotopic (exact) mass is 383 g/mol. The van der Waals surface area contributed by atoms with E-state index >= 15 is 0 Å². The van der Waals surface area contributed by atoms with Gasteiger partial charge in [0, 0.05) is 13.1 Å². The van der Waals surface area contributed by atoms with Crippen LogP contribution in [0.5, 0.6) is 17.2 Å². The van der Waals surface area contributed by atoms with E-state index in [-0.39, 0.29) is 12.5 Å². The maximum Gasteiger partial charge on any atom is 0.260 e. The van der Waals surface area contributed by atoms with Gasteiger partial charge in [-0.3, -0.25) is 4.79 Å². The summed E-state index contributed by atoms with van der Waals surface area (Å²) in [6.07, 6.45) is 0. The molecule has 0 atom stereocenters. The molecule has 0 aromatic heterocycles. The number of ether oxygens (including phenoxy) is 3. The van der Waals surface area contributed by atoms with Crippen molar-refractivity contribution in [3.8, 4) is 17.2 Å². The lowest BCUT2D eigenvalue weighted by Gasteiger charge is -2.18. The van der Waals surface area contributed by atoms with Crippen molar-refractivity contribution in [2.45, 2.75) is 0 Å². The lowest BCUT2D eigenvalue weighted by molar-refractivity contribution is -0.132. The van der Waals surface area contributed by atoms with Crippen molar-refractivity contribution < 1.29 is 19.0 Å². The third-order valence-corrected chi connectivity index (χ3v) is 4.17. The van der Waals surface area contributed by atoms with Crippen molar-refractivity contribution >= 4 is 29.1 Å². The molecule has 0 spiro atoms. The zero-order chi connectivity index (χ0) is 18.2. The van der Waals surface area contributed by atoms with Crippen LogP contribution in [-0.4, -0.2) is 44.7 Å². The summed E-state index contributed by atoms with van der Waals surface area (Å²) in [5, 5.41) is 0.816. The number of carbonyl (C=O) groups excluding carboxylic acids is 1. The van der Waals surface area contributed by atoms with E-state index in [9.17, 15) is 4.79 Å². The number of para-hydroxylation sites is 2. The molecular weight excluding hydrogens is 365 g/mol. The summed E-state index contributed by atoms with van der Waals surface area (Å²) in [5.41, 5.74) is 0. The van der Waals surface area contributed by atoms with Gasteiger partial charge in [0.2, 0.25) is 0 Å². The van der Waals surface area contributed by atoms with E-state index in [4.69, 9.17) is 37.4 Å². The molecule has 2 aromatic carbocycles. The molecule has 1 amide bonds. The number of benzene rings is 2. The second kappa shape index (κ2) is 9.39. The van der Waals surface area contributed by atoms with Crippen LogP contribution in [0, 0.1) is 0 Å². The van der Waals surface area contributed by atoms with Crippen LogP contribution < -0.4 is 14.2 Å². The Morgan fingerprint density at radius 3 is 2.44 bits per heavy atom. The largest absolute Gasteiger partial charge is 0.493 e. The molecule has 0 heterocycles. The number of hydrogen-bond donors (Lipinski definition) is 0. The van der Waals surface area contributed by atoms with Gasteiger partial charge < -0.3 is 19.1 Å². The van der Waals surface area contributed by atoms with Crippen LogP contribution in [0.4, 0.5) is 0 Å². The second-order valence-corrected chi connectivity index (χ2v) is 5.99. The first kappa shape index (κ1) is 19.2. The summed E-state index contributed by atoms with van der Waals surface area (Å²) in [5.74, 6) is 1.61. The van der Waals surface area contributed by atoms with Gasteiger partial charge in [-0.1, -0.05) is 35.3 Å². The normalized spacial score (nSPS) is 10.2. The van der Waals surface area contributed by atoms with Crippen molar-refractivity contribution in [1.29, 1.82) is 0 Å². The molecule has 0 fully saturated rings. The average molecular weight is 384 g/mol. The molecule has 0 aliphatic carbocycles. The minimum atomic E-state index is -0.172. The van der Waals surface area contributed by atoms with Crippen molar-refractivity contribution in [1.82, 2.24) is 4.90 Å². The fourth-order valence-electron chi connectivity index (χ4n) is 1.98. The van der Waals surface area contributed by atoms with Gasteiger partial charge in [-0.25, -0.2) is 0 Å². The van der Waals surface area contributed by atoms with Gasteiger partial charge >= 0.3 is 0 Å². The highest BCUT2D eigenvalue weighted by Crippen LogP contribution is 2.26. The summed E-state index contributed by atoms with van der Waals surface area (Å²) < 4.78 is 16.3. The molecule has 0 aliphatic rings. The van der Waals surface area contributed by atoms with Crippen LogP contribution in [0.1, 0.15) is 0 Å². The van der Waals surface area contributed by atoms with E-state index < -0.39 is 0 Å². The van der Waals surface area contributed by atoms with Gasteiger partial charge in [-0.2, -0.15) is 0 Å². The molecule has 2 rings (SSSR count). The fourth-order valence-corrected chi connectivity index (χ4v) is 2.27. The average Bonchev–Trinajstić information content (AvgIpc) is 2.62. The molecule has 0 saturated heterocycles. The first-order chi connectivity index (χ1) is 12.0. The van der Waals surface area contributed by atoms with Crippen molar-refractivity contribution in [2.75, 3.05) is 33.9 Å². The number of halogens is 2. The molecular formula is C18H19Cl2NO4. The summed E-state index contributed by atoms with van der Waals surface area (Å²) in [7, 11) is 3.27. The Labute approximate surface area is 157 Å².